The summed E-state index contributed by atoms with van der Waals surface area (Å²) in [6.07, 6.45) is 0.290. The first-order valence-corrected chi connectivity index (χ1v) is 7.00. The molecule has 112 valence electrons. The number of pyridine rings is 2. The Balaban J connectivity index is 0.000000211. The van der Waals surface area contributed by atoms with Gasteiger partial charge in [0.25, 0.3) is 0 Å². The molecule has 21 heavy (non-hydrogen) atoms. The number of hydrogen-bond donors (Lipinski definition) is 1. The minimum absolute atomic E-state index is 0.420. The van der Waals surface area contributed by atoms with Crippen LogP contribution in [0.2, 0.25) is 10.3 Å². The number of carbonyl (C=O) groups is 1. The van der Waals surface area contributed by atoms with Crippen molar-refractivity contribution in [2.45, 2.75) is 26.9 Å². The highest BCUT2D eigenvalue weighted by molar-refractivity contribution is 6.29. The van der Waals surface area contributed by atoms with Crippen molar-refractivity contribution in [3.05, 3.63) is 57.1 Å². The Kier molecular flexibility index (Phi) is 6.75. The number of aryl methyl sites for hydroxylation is 2. The van der Waals surface area contributed by atoms with Crippen LogP contribution in [0, 0.1) is 13.8 Å². The number of rotatable bonds is 2. The maximum absolute atomic E-state index is 10.3. The maximum atomic E-state index is 10.3. The predicted octanol–water partition coefficient (Wildman–Crippen LogP) is 3.95. The number of aliphatic hydroxyl groups excluding tert-OH is 1. The van der Waals surface area contributed by atoms with Crippen molar-refractivity contribution < 1.29 is 9.90 Å². The van der Waals surface area contributed by atoms with E-state index in [4.69, 9.17) is 23.2 Å². The fraction of sp³-hybridized carbons (Fsp3) is 0.267. The third-order valence-electron chi connectivity index (χ3n) is 2.76. The summed E-state index contributed by atoms with van der Waals surface area (Å²) in [7, 11) is 0. The fourth-order valence-corrected chi connectivity index (χ4v) is 2.03. The molecule has 0 radical (unpaired) electrons. The van der Waals surface area contributed by atoms with Crippen molar-refractivity contribution in [1.82, 2.24) is 9.97 Å². The van der Waals surface area contributed by atoms with Crippen LogP contribution < -0.4 is 0 Å². The molecule has 0 aliphatic carbocycles. The number of aliphatic hydroxyl groups is 1. The molecule has 0 fully saturated rings. The van der Waals surface area contributed by atoms with E-state index in [9.17, 15) is 9.90 Å². The number of aromatic nitrogens is 2. The van der Waals surface area contributed by atoms with Gasteiger partial charge in [0.15, 0.2) is 6.29 Å². The third kappa shape index (κ3) is 5.42. The summed E-state index contributed by atoms with van der Waals surface area (Å²) in [5.74, 6) is 0. The van der Waals surface area contributed by atoms with Crippen LogP contribution in [0.15, 0.2) is 24.3 Å². The molecule has 1 atom stereocenters. The van der Waals surface area contributed by atoms with Gasteiger partial charge in [-0.3, -0.25) is 4.79 Å². The number of nitrogens with zero attached hydrogens (tertiary/aromatic N) is 2. The highest BCUT2D eigenvalue weighted by Crippen LogP contribution is 2.17. The van der Waals surface area contributed by atoms with Crippen LogP contribution in [0.1, 0.15) is 40.3 Å². The van der Waals surface area contributed by atoms with Crippen molar-refractivity contribution in [2.24, 2.45) is 0 Å². The van der Waals surface area contributed by atoms with Gasteiger partial charge in [-0.15, -0.1) is 0 Å². The number of halogens is 2. The van der Waals surface area contributed by atoms with E-state index >= 15 is 0 Å². The lowest BCUT2D eigenvalue weighted by atomic mass is 10.1. The average molecular weight is 327 g/mol. The van der Waals surface area contributed by atoms with Gasteiger partial charge in [-0.2, -0.15) is 0 Å². The number of aldehydes is 1. The van der Waals surface area contributed by atoms with E-state index < -0.39 is 6.10 Å². The average Bonchev–Trinajstić information content (AvgIpc) is 2.39. The zero-order chi connectivity index (χ0) is 16.0. The van der Waals surface area contributed by atoms with Crippen LogP contribution in [0.5, 0.6) is 0 Å². The van der Waals surface area contributed by atoms with E-state index in [2.05, 4.69) is 9.97 Å². The van der Waals surface area contributed by atoms with Gasteiger partial charge in [0.1, 0.15) is 10.3 Å². The summed E-state index contributed by atoms with van der Waals surface area (Å²) >= 11 is 11.2. The van der Waals surface area contributed by atoms with Crippen LogP contribution in [-0.4, -0.2) is 21.4 Å². The monoisotopic (exact) mass is 326 g/mol. The molecular weight excluding hydrogens is 311 g/mol. The second-order valence-corrected chi connectivity index (χ2v) is 5.19. The van der Waals surface area contributed by atoms with E-state index in [1.54, 1.807) is 38.1 Å². The fourth-order valence-electron chi connectivity index (χ4n) is 1.65. The van der Waals surface area contributed by atoms with Crippen LogP contribution in [0.4, 0.5) is 0 Å². The minimum Gasteiger partial charge on any atom is -0.389 e. The van der Waals surface area contributed by atoms with Crippen LogP contribution in [-0.2, 0) is 0 Å². The highest BCUT2D eigenvalue weighted by Gasteiger charge is 2.05. The van der Waals surface area contributed by atoms with E-state index in [1.807, 2.05) is 6.92 Å². The lowest BCUT2D eigenvalue weighted by Gasteiger charge is -2.06. The first-order chi connectivity index (χ1) is 9.85. The second-order valence-electron chi connectivity index (χ2n) is 4.41. The quantitative estimate of drug-likeness (QED) is 0.670. The zero-order valence-electron chi connectivity index (χ0n) is 12.0. The number of carbonyl (C=O) groups excluding carboxylic acids is 1. The number of hydrogen-bond acceptors (Lipinski definition) is 4. The van der Waals surface area contributed by atoms with Crippen molar-refractivity contribution in [3.63, 3.8) is 0 Å². The molecule has 0 aliphatic rings. The molecular formula is C15H16Cl2N2O2. The standard InChI is InChI=1S/C8H10ClNO.C7H6ClNO/c1-5-7(6(2)11)3-4-8(9)10-5;1-5-6(4-10)2-3-7(8)9-5/h3-4,6,11H,1-2H3;2-4H,1H3. The molecule has 0 aliphatic heterocycles. The molecule has 2 aromatic heterocycles. The summed E-state index contributed by atoms with van der Waals surface area (Å²) in [4.78, 5) is 18.1. The van der Waals surface area contributed by atoms with Gasteiger partial charge >= 0.3 is 0 Å². The van der Waals surface area contributed by atoms with Crippen molar-refractivity contribution in [3.8, 4) is 0 Å². The Labute approximate surface area is 133 Å². The van der Waals surface area contributed by atoms with Crippen molar-refractivity contribution in [1.29, 1.82) is 0 Å². The van der Waals surface area contributed by atoms with Gasteiger partial charge in [0.2, 0.25) is 0 Å². The molecule has 2 aromatic rings. The summed E-state index contributed by atoms with van der Waals surface area (Å²) in [6, 6.07) is 6.71. The maximum Gasteiger partial charge on any atom is 0.151 e. The molecule has 2 rings (SSSR count). The Bertz CT molecular complexity index is 631. The van der Waals surface area contributed by atoms with Gasteiger partial charge in [0.05, 0.1) is 6.10 Å². The molecule has 1 N–H and O–H groups in total. The third-order valence-corrected chi connectivity index (χ3v) is 3.18. The van der Waals surface area contributed by atoms with E-state index in [0.29, 0.717) is 21.6 Å². The minimum atomic E-state index is -0.472. The molecule has 2 heterocycles. The Morgan fingerprint density at radius 2 is 1.57 bits per heavy atom. The molecule has 4 nitrogen and oxygen atoms in total. The predicted molar refractivity (Wildman–Crippen MR) is 84.0 cm³/mol. The van der Waals surface area contributed by atoms with Gasteiger partial charge in [-0.05, 0) is 39.0 Å². The first-order valence-electron chi connectivity index (χ1n) is 6.24. The Morgan fingerprint density at radius 1 is 1.05 bits per heavy atom. The van der Waals surface area contributed by atoms with Crippen LogP contribution in [0.25, 0.3) is 0 Å². The normalized spacial score (nSPS) is 11.3. The summed E-state index contributed by atoms with van der Waals surface area (Å²) in [5.41, 5.74) is 2.87. The molecule has 0 bridgehead atoms. The van der Waals surface area contributed by atoms with Gasteiger partial charge in [-0.25, -0.2) is 9.97 Å². The molecule has 6 heteroatoms. The first kappa shape index (κ1) is 17.6. The topological polar surface area (TPSA) is 63.1 Å². The van der Waals surface area contributed by atoms with E-state index in [-0.39, 0.29) is 0 Å². The van der Waals surface area contributed by atoms with Crippen molar-refractivity contribution >= 4 is 29.5 Å². The second kappa shape index (κ2) is 8.08. The van der Waals surface area contributed by atoms with E-state index in [1.165, 1.54) is 0 Å². The van der Waals surface area contributed by atoms with Gasteiger partial charge < -0.3 is 5.11 Å². The summed E-state index contributed by atoms with van der Waals surface area (Å²) in [6.45, 7) is 5.28. The molecule has 0 saturated heterocycles. The Morgan fingerprint density at radius 3 is 2.00 bits per heavy atom. The lowest BCUT2D eigenvalue weighted by Crippen LogP contribution is -1.96. The zero-order valence-corrected chi connectivity index (χ0v) is 13.5. The van der Waals surface area contributed by atoms with Crippen molar-refractivity contribution in [2.75, 3.05) is 0 Å². The van der Waals surface area contributed by atoms with Crippen LogP contribution in [0.3, 0.4) is 0 Å². The van der Waals surface area contributed by atoms with Gasteiger partial charge in [0, 0.05) is 22.5 Å². The lowest BCUT2D eigenvalue weighted by molar-refractivity contribution is 0.112. The summed E-state index contributed by atoms with van der Waals surface area (Å²) < 4.78 is 0. The molecule has 0 spiro atoms. The SMILES string of the molecule is Cc1nc(Cl)ccc1C(C)O.Cc1nc(Cl)ccc1C=O. The molecule has 0 amide bonds. The van der Waals surface area contributed by atoms with E-state index in [0.717, 1.165) is 17.5 Å². The smallest absolute Gasteiger partial charge is 0.151 e. The molecule has 0 saturated carbocycles. The molecule has 0 aromatic carbocycles. The summed E-state index contributed by atoms with van der Waals surface area (Å²) in [5, 5.41) is 10.1. The van der Waals surface area contributed by atoms with Gasteiger partial charge in [-0.1, -0.05) is 29.3 Å². The van der Waals surface area contributed by atoms with Crippen LogP contribution >= 0.6 is 23.2 Å². The highest BCUT2D eigenvalue weighted by atomic mass is 35.5. The molecule has 1 unspecified atom stereocenters. The largest absolute Gasteiger partial charge is 0.389 e. The Hall–Kier alpha value is -1.49.